The number of benzene rings is 1. The van der Waals surface area contributed by atoms with Gasteiger partial charge in [-0.1, -0.05) is 12.1 Å². The Morgan fingerprint density at radius 2 is 1.22 bits per heavy atom. The highest BCUT2D eigenvalue weighted by Crippen LogP contribution is 2.12. The number of aliphatic hydroxyl groups excluding tert-OH is 3. The minimum atomic E-state index is -1.76. The van der Waals surface area contributed by atoms with E-state index in [1.54, 1.807) is 0 Å². The number of aromatic hydroxyl groups is 1. The molecular weight excluding hydrogens is 614 g/mol. The fourth-order valence-corrected chi connectivity index (χ4v) is 3.91. The number of hydrogen-bond donors (Lipinski definition) is 12. The number of amides is 6. The van der Waals surface area contributed by atoms with E-state index in [4.69, 9.17) is 16.6 Å². The normalized spacial score (nSPS) is 15.4. The van der Waals surface area contributed by atoms with Crippen LogP contribution in [0, 0.1) is 0 Å². The Labute approximate surface area is 263 Å². The molecule has 14 N–H and O–H groups in total. The predicted octanol–water partition coefficient (Wildman–Crippen LogP) is -5.58. The van der Waals surface area contributed by atoms with E-state index in [0.717, 1.165) is 13.8 Å². The Kier molecular flexibility index (Phi) is 16.0. The van der Waals surface area contributed by atoms with Crippen molar-refractivity contribution in [3.63, 3.8) is 0 Å². The minimum absolute atomic E-state index is 0.110. The smallest absolute Gasteiger partial charge is 0.328 e. The fourth-order valence-electron chi connectivity index (χ4n) is 3.91. The third kappa shape index (κ3) is 13.0. The summed E-state index contributed by atoms with van der Waals surface area (Å²) >= 11 is 0. The zero-order valence-electron chi connectivity index (χ0n) is 25.1. The van der Waals surface area contributed by atoms with E-state index in [9.17, 15) is 54.0 Å². The average molecular weight is 656 g/mol. The maximum absolute atomic E-state index is 13.4. The molecule has 1 rings (SSSR count). The maximum atomic E-state index is 13.4. The van der Waals surface area contributed by atoms with E-state index in [0.29, 0.717) is 5.56 Å². The summed E-state index contributed by atoms with van der Waals surface area (Å²) in [4.78, 5) is 86.7. The Morgan fingerprint density at radius 3 is 1.63 bits per heavy atom. The number of aliphatic hydroxyl groups is 3. The summed E-state index contributed by atoms with van der Waals surface area (Å²) in [6.07, 6.45) is -4.05. The minimum Gasteiger partial charge on any atom is -0.508 e. The number of carboxylic acid groups (broad SMARTS) is 1. The first-order chi connectivity index (χ1) is 21.5. The van der Waals surface area contributed by atoms with Gasteiger partial charge in [0, 0.05) is 12.8 Å². The van der Waals surface area contributed by atoms with Crippen molar-refractivity contribution in [2.75, 3.05) is 13.2 Å². The van der Waals surface area contributed by atoms with Crippen molar-refractivity contribution in [1.82, 2.24) is 26.6 Å². The molecule has 0 saturated carbocycles. The number of primary amides is 1. The van der Waals surface area contributed by atoms with Crippen molar-refractivity contribution in [3.05, 3.63) is 29.8 Å². The summed E-state index contributed by atoms with van der Waals surface area (Å²) in [6.45, 7) is 0.762. The standard InChI is InChI=1S/C27H41N7O12/c1-12(36)21(33-23(41)16(7-8-19(29)39)30-20(40)10-28)25(43)31-17(9-14-3-5-15(38)6-4-14)24(42)34-22(13(2)37)26(44)32-18(11-35)27(45)46/h3-6,12-13,16-18,21-22,35-38H,7-11,28H2,1-2H3,(H2,29,39)(H,30,40)(H,31,43)(H,32,44)(H,33,41)(H,34,42)(H,45,46)/t12-,13-,16+,17+,18+,21+,22+/m1/s1. The second-order valence-electron chi connectivity index (χ2n) is 10.3. The maximum Gasteiger partial charge on any atom is 0.328 e. The molecule has 0 aliphatic carbocycles. The van der Waals surface area contributed by atoms with Crippen LogP contribution in [0.4, 0.5) is 0 Å². The lowest BCUT2D eigenvalue weighted by atomic mass is 10.0. The van der Waals surface area contributed by atoms with Crippen molar-refractivity contribution in [3.8, 4) is 5.75 Å². The molecule has 0 fully saturated rings. The predicted molar refractivity (Wildman–Crippen MR) is 157 cm³/mol. The molecule has 46 heavy (non-hydrogen) atoms. The number of carbonyl (C=O) groups is 7. The van der Waals surface area contributed by atoms with Gasteiger partial charge in [-0.2, -0.15) is 0 Å². The number of aliphatic carboxylic acids is 1. The highest BCUT2D eigenvalue weighted by molar-refractivity contribution is 5.96. The Bertz CT molecular complexity index is 1240. The number of nitrogens with one attached hydrogen (secondary N) is 5. The summed E-state index contributed by atoms with van der Waals surface area (Å²) in [7, 11) is 0. The van der Waals surface area contributed by atoms with Gasteiger partial charge in [-0.05, 0) is 38.0 Å². The van der Waals surface area contributed by atoms with Crippen LogP contribution < -0.4 is 38.1 Å². The lowest BCUT2D eigenvalue weighted by molar-refractivity contribution is -0.144. The quantitative estimate of drug-likeness (QED) is 0.0662. The zero-order chi connectivity index (χ0) is 35.1. The molecular formula is C27H41N7O12. The molecule has 6 amide bonds. The van der Waals surface area contributed by atoms with Gasteiger partial charge >= 0.3 is 5.97 Å². The molecule has 19 heteroatoms. The van der Waals surface area contributed by atoms with Gasteiger partial charge in [0.25, 0.3) is 0 Å². The van der Waals surface area contributed by atoms with E-state index in [2.05, 4.69) is 21.3 Å². The van der Waals surface area contributed by atoms with Crippen molar-refractivity contribution < 1.29 is 59.1 Å². The van der Waals surface area contributed by atoms with Gasteiger partial charge in [-0.15, -0.1) is 0 Å². The molecule has 1 aromatic rings. The second-order valence-corrected chi connectivity index (χ2v) is 10.3. The van der Waals surface area contributed by atoms with Crippen LogP contribution in [-0.2, 0) is 40.0 Å². The third-order valence-corrected chi connectivity index (χ3v) is 6.45. The topological polar surface area (TPSA) is 333 Å². The van der Waals surface area contributed by atoms with E-state index < -0.39 is 97.0 Å². The van der Waals surface area contributed by atoms with Gasteiger partial charge < -0.3 is 63.6 Å². The van der Waals surface area contributed by atoms with Crippen LogP contribution in [0.3, 0.4) is 0 Å². The molecule has 0 aromatic heterocycles. The lowest BCUT2D eigenvalue weighted by Gasteiger charge is -2.28. The number of carbonyl (C=O) groups excluding carboxylic acids is 6. The van der Waals surface area contributed by atoms with Crippen LogP contribution in [0.2, 0.25) is 0 Å². The molecule has 1 aromatic carbocycles. The van der Waals surface area contributed by atoms with Crippen LogP contribution in [-0.4, -0.2) is 123 Å². The van der Waals surface area contributed by atoms with Gasteiger partial charge in [0.05, 0.1) is 25.4 Å². The Balaban J connectivity index is 3.31. The van der Waals surface area contributed by atoms with Crippen LogP contribution in [0.15, 0.2) is 24.3 Å². The first kappa shape index (κ1) is 39.2. The number of carboxylic acids is 1. The summed E-state index contributed by atoms with van der Waals surface area (Å²) < 4.78 is 0. The monoisotopic (exact) mass is 655 g/mol. The van der Waals surface area contributed by atoms with Gasteiger partial charge in [0.15, 0.2) is 0 Å². The highest BCUT2D eigenvalue weighted by atomic mass is 16.4. The fraction of sp³-hybridized carbons (Fsp3) is 0.519. The largest absolute Gasteiger partial charge is 0.508 e. The first-order valence-corrected chi connectivity index (χ1v) is 14.0. The summed E-state index contributed by atoms with van der Waals surface area (Å²) in [5.74, 6) is -7.59. The van der Waals surface area contributed by atoms with Crippen LogP contribution in [0.1, 0.15) is 32.3 Å². The number of hydrogen-bond acceptors (Lipinski definition) is 12. The number of nitrogens with two attached hydrogens (primary N) is 2. The summed E-state index contributed by atoms with van der Waals surface area (Å²) in [6, 6.07) is -2.77. The molecule has 0 radical (unpaired) electrons. The van der Waals surface area contributed by atoms with Crippen LogP contribution in [0.25, 0.3) is 0 Å². The lowest BCUT2D eigenvalue weighted by Crippen LogP contribution is -2.62. The molecule has 0 unspecified atom stereocenters. The first-order valence-electron chi connectivity index (χ1n) is 14.0. The summed E-state index contributed by atoms with van der Waals surface area (Å²) in [5.41, 5.74) is 10.8. The second kappa shape index (κ2) is 18.8. The SMILES string of the molecule is C[C@@H](O)[C@H](NC(=O)[C@H](Cc1ccc(O)cc1)NC(=O)[C@@H](NC(=O)[C@H](CCC(N)=O)NC(=O)CN)[C@@H](C)O)C(=O)N[C@@H](CO)C(=O)O. The molecule has 7 atom stereocenters. The molecule has 0 bridgehead atoms. The Hall–Kier alpha value is -4.85. The Morgan fingerprint density at radius 1 is 0.739 bits per heavy atom. The molecule has 256 valence electrons. The summed E-state index contributed by atoms with van der Waals surface area (Å²) in [5, 5.41) is 59.5. The van der Waals surface area contributed by atoms with Gasteiger partial charge in [-0.3, -0.25) is 28.8 Å². The van der Waals surface area contributed by atoms with Crippen molar-refractivity contribution >= 4 is 41.4 Å². The zero-order valence-corrected chi connectivity index (χ0v) is 25.1. The van der Waals surface area contributed by atoms with Crippen molar-refractivity contribution in [1.29, 1.82) is 0 Å². The van der Waals surface area contributed by atoms with E-state index >= 15 is 0 Å². The van der Waals surface area contributed by atoms with Crippen molar-refractivity contribution in [2.24, 2.45) is 11.5 Å². The molecule has 0 aliphatic rings. The number of phenols is 1. The molecule has 0 spiro atoms. The van der Waals surface area contributed by atoms with E-state index in [1.165, 1.54) is 24.3 Å². The van der Waals surface area contributed by atoms with Crippen LogP contribution in [0.5, 0.6) is 5.75 Å². The third-order valence-electron chi connectivity index (χ3n) is 6.45. The van der Waals surface area contributed by atoms with Gasteiger partial charge in [-0.25, -0.2) is 4.79 Å². The van der Waals surface area contributed by atoms with Gasteiger partial charge in [0.2, 0.25) is 35.4 Å². The number of phenolic OH excluding ortho intramolecular Hbond substituents is 1. The van der Waals surface area contributed by atoms with E-state index in [-0.39, 0.29) is 25.0 Å². The molecule has 0 saturated heterocycles. The van der Waals surface area contributed by atoms with E-state index in [1.807, 2.05) is 5.32 Å². The molecule has 19 nitrogen and oxygen atoms in total. The van der Waals surface area contributed by atoms with Crippen LogP contribution >= 0.6 is 0 Å². The number of rotatable bonds is 19. The highest BCUT2D eigenvalue weighted by Gasteiger charge is 2.35. The molecule has 0 heterocycles. The average Bonchev–Trinajstić information content (AvgIpc) is 2.98. The van der Waals surface area contributed by atoms with Gasteiger partial charge in [0.1, 0.15) is 36.0 Å². The molecule has 0 aliphatic heterocycles. The van der Waals surface area contributed by atoms with Crippen molar-refractivity contribution in [2.45, 2.75) is 75.5 Å².